The number of hydrogen-bond acceptors (Lipinski definition) is 3. The van der Waals surface area contributed by atoms with Crippen LogP contribution in [0.1, 0.15) is 60.3 Å². The van der Waals surface area contributed by atoms with E-state index in [2.05, 4.69) is 19.2 Å². The third-order valence-electron chi connectivity index (χ3n) is 5.75. The van der Waals surface area contributed by atoms with Crippen LogP contribution < -0.4 is 5.32 Å². The van der Waals surface area contributed by atoms with Crippen molar-refractivity contribution in [2.24, 2.45) is 17.3 Å². The summed E-state index contributed by atoms with van der Waals surface area (Å²) in [5.41, 5.74) is 0.0215. The smallest absolute Gasteiger partial charge is 0.410 e. The molecule has 22 heavy (non-hydrogen) atoms. The summed E-state index contributed by atoms with van der Waals surface area (Å²) in [7, 11) is 0. The lowest BCUT2D eigenvalue weighted by molar-refractivity contribution is 0.0265. The molecule has 1 saturated heterocycles. The topological polar surface area (TPSA) is 41.6 Å². The molecule has 126 valence electrons. The van der Waals surface area contributed by atoms with Gasteiger partial charge in [-0.05, 0) is 50.9 Å². The second-order valence-electron chi connectivity index (χ2n) is 9.19. The van der Waals surface area contributed by atoms with Gasteiger partial charge in [0.2, 0.25) is 0 Å². The molecule has 2 saturated carbocycles. The highest BCUT2D eigenvalue weighted by Crippen LogP contribution is 2.48. The number of hydrogen-bond donors (Lipinski definition) is 1. The highest BCUT2D eigenvalue weighted by atomic mass is 16.6. The summed E-state index contributed by atoms with van der Waals surface area (Å²) in [6.07, 6.45) is 5.22. The highest BCUT2D eigenvalue weighted by Gasteiger charge is 2.58. The van der Waals surface area contributed by atoms with Gasteiger partial charge in [-0.1, -0.05) is 26.7 Å². The van der Waals surface area contributed by atoms with Crippen molar-refractivity contribution in [1.82, 2.24) is 10.2 Å². The Hall–Kier alpha value is -0.770. The van der Waals surface area contributed by atoms with Crippen molar-refractivity contribution in [3.63, 3.8) is 0 Å². The van der Waals surface area contributed by atoms with Crippen molar-refractivity contribution in [1.29, 1.82) is 0 Å². The fraction of sp³-hybridized carbons (Fsp3) is 0.944. The Morgan fingerprint density at radius 1 is 1.18 bits per heavy atom. The van der Waals surface area contributed by atoms with Crippen LogP contribution in [0.15, 0.2) is 0 Å². The number of carbonyl (C=O) groups is 1. The molecule has 3 fully saturated rings. The maximum Gasteiger partial charge on any atom is 0.410 e. The zero-order chi connectivity index (χ0) is 16.1. The van der Waals surface area contributed by atoms with Crippen molar-refractivity contribution < 1.29 is 9.53 Å². The molecule has 0 radical (unpaired) electrons. The first-order chi connectivity index (χ1) is 10.2. The van der Waals surface area contributed by atoms with Crippen LogP contribution in [0, 0.1) is 17.3 Å². The first-order valence-electron chi connectivity index (χ1n) is 8.91. The number of rotatable bonds is 2. The average molecular weight is 308 g/mol. The zero-order valence-electron chi connectivity index (χ0n) is 14.8. The first-order valence-corrected chi connectivity index (χ1v) is 8.91. The maximum atomic E-state index is 12.1. The number of ether oxygens (including phenoxy) is 1. The van der Waals surface area contributed by atoms with Crippen LogP contribution in [0.5, 0.6) is 0 Å². The molecule has 0 aromatic heterocycles. The summed E-state index contributed by atoms with van der Waals surface area (Å²) >= 11 is 0. The van der Waals surface area contributed by atoms with Crippen molar-refractivity contribution in [3.8, 4) is 0 Å². The molecular formula is C18H32N2O2. The number of piperidine rings is 1. The van der Waals surface area contributed by atoms with Crippen molar-refractivity contribution in [2.45, 2.75) is 78.0 Å². The van der Waals surface area contributed by atoms with Gasteiger partial charge in [0.05, 0.1) is 0 Å². The molecule has 0 aromatic carbocycles. The fourth-order valence-corrected chi connectivity index (χ4v) is 4.28. The van der Waals surface area contributed by atoms with Crippen molar-refractivity contribution in [3.05, 3.63) is 0 Å². The van der Waals surface area contributed by atoms with E-state index in [0.717, 1.165) is 13.1 Å². The van der Waals surface area contributed by atoms with Crippen LogP contribution in [0.25, 0.3) is 0 Å². The van der Waals surface area contributed by atoms with Gasteiger partial charge in [-0.25, -0.2) is 4.79 Å². The van der Waals surface area contributed by atoms with Gasteiger partial charge in [0.15, 0.2) is 0 Å². The molecule has 0 aromatic rings. The molecule has 1 aliphatic heterocycles. The molecule has 4 heteroatoms. The molecule has 3 atom stereocenters. The van der Waals surface area contributed by atoms with Crippen LogP contribution in [0.4, 0.5) is 4.79 Å². The van der Waals surface area contributed by atoms with Gasteiger partial charge in [0, 0.05) is 25.2 Å². The van der Waals surface area contributed by atoms with E-state index in [9.17, 15) is 4.79 Å². The summed E-state index contributed by atoms with van der Waals surface area (Å²) in [5.74, 6) is 1.29. The SMILES string of the molecule is CC(C)(C)OC(=O)N1CC2C(C1)C2NC1CCCCC1(C)C. The second-order valence-corrected chi connectivity index (χ2v) is 9.19. The molecule has 3 unspecified atom stereocenters. The number of nitrogens with one attached hydrogen (secondary N) is 1. The van der Waals surface area contributed by atoms with Crippen LogP contribution in [0.2, 0.25) is 0 Å². The monoisotopic (exact) mass is 308 g/mol. The molecule has 3 rings (SSSR count). The van der Waals surface area contributed by atoms with E-state index < -0.39 is 5.60 Å². The summed E-state index contributed by atoms with van der Waals surface area (Å²) in [5, 5.41) is 3.91. The Labute approximate surface area is 135 Å². The average Bonchev–Trinajstić information content (AvgIpc) is 2.82. The summed E-state index contributed by atoms with van der Waals surface area (Å²) in [6.45, 7) is 12.3. The lowest BCUT2D eigenvalue weighted by atomic mass is 9.73. The van der Waals surface area contributed by atoms with Crippen LogP contribution in [0.3, 0.4) is 0 Å². The van der Waals surface area contributed by atoms with E-state index in [4.69, 9.17) is 4.74 Å². The number of likely N-dealkylation sites (tertiary alicyclic amines) is 1. The molecule has 0 bridgehead atoms. The predicted molar refractivity (Wildman–Crippen MR) is 87.7 cm³/mol. The number of nitrogens with zero attached hydrogens (tertiary/aromatic N) is 1. The molecule has 0 spiro atoms. The Bertz CT molecular complexity index is 429. The van der Waals surface area contributed by atoms with E-state index in [1.54, 1.807) is 0 Å². The van der Waals surface area contributed by atoms with Gasteiger partial charge in [0.1, 0.15) is 5.60 Å². The quantitative estimate of drug-likeness (QED) is 0.850. The minimum Gasteiger partial charge on any atom is -0.444 e. The molecule has 1 heterocycles. The largest absolute Gasteiger partial charge is 0.444 e. The number of carbonyl (C=O) groups excluding carboxylic acids is 1. The van der Waals surface area contributed by atoms with E-state index in [1.165, 1.54) is 25.7 Å². The summed E-state index contributed by atoms with van der Waals surface area (Å²) in [4.78, 5) is 14.0. The lowest BCUT2D eigenvalue weighted by Crippen LogP contribution is -2.47. The third kappa shape index (κ3) is 3.27. The summed E-state index contributed by atoms with van der Waals surface area (Å²) < 4.78 is 5.48. The fourth-order valence-electron chi connectivity index (χ4n) is 4.28. The molecule has 4 nitrogen and oxygen atoms in total. The van der Waals surface area contributed by atoms with E-state index in [1.807, 2.05) is 25.7 Å². The van der Waals surface area contributed by atoms with Crippen molar-refractivity contribution >= 4 is 6.09 Å². The lowest BCUT2D eigenvalue weighted by Gasteiger charge is -2.40. The summed E-state index contributed by atoms with van der Waals surface area (Å²) in [6, 6.07) is 1.27. The first kappa shape index (κ1) is 16.1. The Morgan fingerprint density at radius 3 is 2.36 bits per heavy atom. The standard InChI is InChI=1S/C18H32N2O2/c1-17(2,3)22-16(21)20-10-12-13(11-20)15(12)19-14-8-6-7-9-18(14,4)5/h12-15,19H,6-11H2,1-5H3. The van der Waals surface area contributed by atoms with Gasteiger partial charge in [0.25, 0.3) is 0 Å². The Kier molecular flexibility index (Phi) is 3.95. The Morgan fingerprint density at radius 2 is 1.82 bits per heavy atom. The van der Waals surface area contributed by atoms with Gasteiger partial charge < -0.3 is 15.0 Å². The molecule has 3 aliphatic rings. The van der Waals surface area contributed by atoms with Crippen molar-refractivity contribution in [2.75, 3.05) is 13.1 Å². The van der Waals surface area contributed by atoms with Crippen LogP contribution >= 0.6 is 0 Å². The van der Waals surface area contributed by atoms with Crippen LogP contribution in [-0.2, 0) is 4.74 Å². The molecule has 1 N–H and O–H groups in total. The second kappa shape index (κ2) is 5.40. The van der Waals surface area contributed by atoms with E-state index >= 15 is 0 Å². The number of amides is 1. The third-order valence-corrected chi connectivity index (χ3v) is 5.75. The zero-order valence-corrected chi connectivity index (χ0v) is 14.8. The van der Waals surface area contributed by atoms with E-state index in [-0.39, 0.29) is 6.09 Å². The number of fused-ring (bicyclic) bond motifs is 1. The van der Waals surface area contributed by atoms with Gasteiger partial charge >= 0.3 is 6.09 Å². The van der Waals surface area contributed by atoms with Gasteiger partial charge in [-0.15, -0.1) is 0 Å². The Balaban J connectivity index is 1.48. The minimum absolute atomic E-state index is 0.142. The van der Waals surface area contributed by atoms with Crippen LogP contribution in [-0.4, -0.2) is 41.8 Å². The molecule has 2 aliphatic carbocycles. The van der Waals surface area contributed by atoms with Gasteiger partial charge in [-0.2, -0.15) is 0 Å². The maximum absolute atomic E-state index is 12.1. The predicted octanol–water partition coefficient (Wildman–Crippen LogP) is 3.41. The minimum atomic E-state index is -0.395. The van der Waals surface area contributed by atoms with E-state index in [0.29, 0.717) is 29.3 Å². The van der Waals surface area contributed by atoms with Gasteiger partial charge in [-0.3, -0.25) is 0 Å². The molecular weight excluding hydrogens is 276 g/mol. The highest BCUT2D eigenvalue weighted by molar-refractivity contribution is 5.69. The normalized spacial score (nSPS) is 36.9. The molecule has 1 amide bonds.